The Bertz CT molecular complexity index is 303. The molecule has 4 heteroatoms. The third-order valence-corrected chi connectivity index (χ3v) is 4.33. The van der Waals surface area contributed by atoms with Gasteiger partial charge in [-0.25, -0.2) is 0 Å². The molecule has 118 valence electrons. The second-order valence-electron chi connectivity index (χ2n) is 7.32. The zero-order valence-corrected chi connectivity index (χ0v) is 14.0. The Morgan fingerprint density at radius 2 is 1.75 bits per heavy atom. The molecule has 1 fully saturated rings. The Labute approximate surface area is 124 Å². The standard InChI is InChI=1S/C16H33N3O/c1-6-13(2)18-7-9-19(10-8-18)15(20)14(12-17)11-16(3,4)5/h13-14H,6-12,17H2,1-5H3. The van der Waals surface area contributed by atoms with E-state index in [0.717, 1.165) is 32.6 Å². The summed E-state index contributed by atoms with van der Waals surface area (Å²) in [6.45, 7) is 15.1. The summed E-state index contributed by atoms with van der Waals surface area (Å²) in [5, 5.41) is 0. The monoisotopic (exact) mass is 283 g/mol. The fraction of sp³-hybridized carbons (Fsp3) is 0.938. The Balaban J connectivity index is 2.52. The number of rotatable bonds is 5. The maximum atomic E-state index is 12.6. The predicted octanol–water partition coefficient (Wildman–Crippen LogP) is 1.94. The van der Waals surface area contributed by atoms with Gasteiger partial charge in [0.1, 0.15) is 0 Å². The van der Waals surface area contributed by atoms with Gasteiger partial charge in [-0.3, -0.25) is 9.69 Å². The van der Waals surface area contributed by atoms with Gasteiger partial charge in [0.15, 0.2) is 0 Å². The highest BCUT2D eigenvalue weighted by atomic mass is 16.2. The van der Waals surface area contributed by atoms with Crippen LogP contribution >= 0.6 is 0 Å². The van der Waals surface area contributed by atoms with Crippen LogP contribution in [0, 0.1) is 11.3 Å². The first kappa shape index (κ1) is 17.4. The van der Waals surface area contributed by atoms with Gasteiger partial charge in [-0.15, -0.1) is 0 Å². The molecule has 0 radical (unpaired) electrons. The fourth-order valence-corrected chi connectivity index (χ4v) is 2.91. The quantitative estimate of drug-likeness (QED) is 0.839. The number of nitrogens with zero attached hydrogens (tertiary/aromatic N) is 2. The second-order valence-corrected chi connectivity index (χ2v) is 7.32. The van der Waals surface area contributed by atoms with Crippen LogP contribution in [-0.4, -0.2) is 54.5 Å². The summed E-state index contributed by atoms with van der Waals surface area (Å²) in [7, 11) is 0. The van der Waals surface area contributed by atoms with Gasteiger partial charge in [-0.05, 0) is 25.2 Å². The summed E-state index contributed by atoms with van der Waals surface area (Å²) < 4.78 is 0. The third-order valence-electron chi connectivity index (χ3n) is 4.33. The summed E-state index contributed by atoms with van der Waals surface area (Å²) >= 11 is 0. The number of amides is 1. The highest BCUT2D eigenvalue weighted by Crippen LogP contribution is 2.25. The number of carbonyl (C=O) groups excluding carboxylic acids is 1. The van der Waals surface area contributed by atoms with Crippen molar-refractivity contribution in [3.63, 3.8) is 0 Å². The Morgan fingerprint density at radius 1 is 1.20 bits per heavy atom. The lowest BCUT2D eigenvalue weighted by molar-refractivity contribution is -0.138. The molecule has 0 bridgehead atoms. The van der Waals surface area contributed by atoms with E-state index in [-0.39, 0.29) is 17.2 Å². The molecule has 0 aromatic rings. The lowest BCUT2D eigenvalue weighted by Crippen LogP contribution is -2.53. The van der Waals surface area contributed by atoms with Crippen LogP contribution in [0.25, 0.3) is 0 Å². The van der Waals surface area contributed by atoms with Gasteiger partial charge in [-0.1, -0.05) is 27.7 Å². The van der Waals surface area contributed by atoms with Crippen LogP contribution in [0.1, 0.15) is 47.5 Å². The van der Waals surface area contributed by atoms with E-state index in [1.54, 1.807) is 0 Å². The fourth-order valence-electron chi connectivity index (χ4n) is 2.91. The van der Waals surface area contributed by atoms with E-state index in [2.05, 4.69) is 39.5 Å². The van der Waals surface area contributed by atoms with Crippen LogP contribution < -0.4 is 5.73 Å². The summed E-state index contributed by atoms with van der Waals surface area (Å²) in [5.74, 6) is 0.233. The second kappa shape index (κ2) is 7.41. The average Bonchev–Trinajstić information content (AvgIpc) is 2.42. The first-order valence-corrected chi connectivity index (χ1v) is 8.01. The van der Waals surface area contributed by atoms with Crippen LogP contribution in [0.3, 0.4) is 0 Å². The topological polar surface area (TPSA) is 49.6 Å². The van der Waals surface area contributed by atoms with Crippen LogP contribution in [0.2, 0.25) is 0 Å². The lowest BCUT2D eigenvalue weighted by atomic mass is 9.84. The molecule has 1 rings (SSSR count). The molecule has 0 spiro atoms. The maximum Gasteiger partial charge on any atom is 0.227 e. The molecule has 1 aliphatic rings. The molecule has 1 amide bonds. The first-order valence-electron chi connectivity index (χ1n) is 8.01. The minimum atomic E-state index is -0.0230. The SMILES string of the molecule is CCC(C)N1CCN(C(=O)C(CN)CC(C)(C)C)CC1. The van der Waals surface area contributed by atoms with E-state index in [0.29, 0.717) is 12.6 Å². The van der Waals surface area contributed by atoms with Gasteiger partial charge >= 0.3 is 0 Å². The van der Waals surface area contributed by atoms with Crippen molar-refractivity contribution in [2.75, 3.05) is 32.7 Å². The highest BCUT2D eigenvalue weighted by molar-refractivity contribution is 5.79. The zero-order chi connectivity index (χ0) is 15.3. The normalized spacial score (nSPS) is 20.8. The van der Waals surface area contributed by atoms with Crippen LogP contribution in [-0.2, 0) is 4.79 Å². The molecule has 0 aromatic heterocycles. The van der Waals surface area contributed by atoms with E-state index < -0.39 is 0 Å². The van der Waals surface area contributed by atoms with E-state index in [1.807, 2.05) is 4.90 Å². The maximum absolute atomic E-state index is 12.6. The molecule has 1 heterocycles. The van der Waals surface area contributed by atoms with E-state index >= 15 is 0 Å². The average molecular weight is 283 g/mol. The van der Waals surface area contributed by atoms with Crippen LogP contribution in [0.5, 0.6) is 0 Å². The molecule has 2 atom stereocenters. The molecule has 20 heavy (non-hydrogen) atoms. The molecule has 0 saturated carbocycles. The van der Waals surface area contributed by atoms with Crippen molar-refractivity contribution in [2.45, 2.75) is 53.5 Å². The number of hydrogen-bond donors (Lipinski definition) is 1. The first-order chi connectivity index (χ1) is 9.28. The van der Waals surface area contributed by atoms with Crippen molar-refractivity contribution in [1.82, 2.24) is 9.80 Å². The number of nitrogens with two attached hydrogens (primary N) is 1. The van der Waals surface area contributed by atoms with E-state index in [4.69, 9.17) is 5.73 Å². The van der Waals surface area contributed by atoms with Crippen molar-refractivity contribution in [1.29, 1.82) is 0 Å². The van der Waals surface area contributed by atoms with Crippen LogP contribution in [0.4, 0.5) is 0 Å². The lowest BCUT2D eigenvalue weighted by Gasteiger charge is -2.39. The molecule has 1 saturated heterocycles. The summed E-state index contributed by atoms with van der Waals surface area (Å²) in [4.78, 5) is 17.1. The minimum Gasteiger partial charge on any atom is -0.340 e. The summed E-state index contributed by atoms with van der Waals surface area (Å²) in [6.07, 6.45) is 2.04. The van der Waals surface area contributed by atoms with Gasteiger partial charge in [-0.2, -0.15) is 0 Å². The Hall–Kier alpha value is -0.610. The van der Waals surface area contributed by atoms with Crippen molar-refractivity contribution in [2.24, 2.45) is 17.1 Å². The number of piperazine rings is 1. The smallest absolute Gasteiger partial charge is 0.227 e. The molecule has 0 aliphatic carbocycles. The number of hydrogen-bond acceptors (Lipinski definition) is 3. The molecule has 0 aromatic carbocycles. The van der Waals surface area contributed by atoms with Gasteiger partial charge in [0, 0.05) is 38.8 Å². The number of carbonyl (C=O) groups is 1. The zero-order valence-electron chi connectivity index (χ0n) is 14.0. The highest BCUT2D eigenvalue weighted by Gasteiger charge is 2.30. The van der Waals surface area contributed by atoms with Gasteiger partial charge in [0.25, 0.3) is 0 Å². The van der Waals surface area contributed by atoms with Crippen molar-refractivity contribution in [3.05, 3.63) is 0 Å². The molecule has 1 aliphatic heterocycles. The molecule has 2 unspecified atom stereocenters. The molecule has 4 nitrogen and oxygen atoms in total. The van der Waals surface area contributed by atoms with Gasteiger partial charge in [0.2, 0.25) is 5.91 Å². The van der Waals surface area contributed by atoms with Crippen molar-refractivity contribution >= 4 is 5.91 Å². The molecular weight excluding hydrogens is 250 g/mol. The largest absolute Gasteiger partial charge is 0.340 e. The molecular formula is C16H33N3O. The minimum absolute atomic E-state index is 0.0230. The molecule has 2 N–H and O–H groups in total. The summed E-state index contributed by atoms with van der Waals surface area (Å²) in [5.41, 5.74) is 5.98. The van der Waals surface area contributed by atoms with E-state index in [9.17, 15) is 4.79 Å². The predicted molar refractivity (Wildman–Crippen MR) is 84.5 cm³/mol. The Kier molecular flexibility index (Phi) is 6.46. The van der Waals surface area contributed by atoms with Gasteiger partial charge < -0.3 is 10.6 Å². The Morgan fingerprint density at radius 3 is 2.15 bits per heavy atom. The van der Waals surface area contributed by atoms with Crippen molar-refractivity contribution in [3.8, 4) is 0 Å². The third kappa shape index (κ3) is 5.06. The van der Waals surface area contributed by atoms with Crippen LogP contribution in [0.15, 0.2) is 0 Å². The van der Waals surface area contributed by atoms with Gasteiger partial charge in [0.05, 0.1) is 5.92 Å². The summed E-state index contributed by atoms with van der Waals surface area (Å²) in [6, 6.07) is 0.618. The van der Waals surface area contributed by atoms with E-state index in [1.165, 1.54) is 6.42 Å². The van der Waals surface area contributed by atoms with Crippen molar-refractivity contribution < 1.29 is 4.79 Å².